The van der Waals surface area contributed by atoms with Crippen molar-refractivity contribution in [2.75, 3.05) is 27.2 Å². The van der Waals surface area contributed by atoms with E-state index in [2.05, 4.69) is 4.90 Å². The summed E-state index contributed by atoms with van der Waals surface area (Å²) in [5, 5.41) is 0. The first kappa shape index (κ1) is 15.9. The SMILES string of the molecule is CC.CCOC(=O)CCCCN(C)C. The molecule has 0 fully saturated rings. The molecule has 0 saturated carbocycles. The van der Waals surface area contributed by atoms with Gasteiger partial charge in [-0.2, -0.15) is 0 Å². The normalized spacial score (nSPS) is 9.29. The van der Waals surface area contributed by atoms with E-state index in [-0.39, 0.29) is 5.97 Å². The average Bonchev–Trinajstić information content (AvgIpc) is 2.16. The molecule has 14 heavy (non-hydrogen) atoms. The van der Waals surface area contributed by atoms with E-state index in [1.165, 1.54) is 0 Å². The monoisotopic (exact) mass is 203 g/mol. The summed E-state index contributed by atoms with van der Waals surface area (Å²) in [4.78, 5) is 13.0. The summed E-state index contributed by atoms with van der Waals surface area (Å²) in [6.45, 7) is 7.36. The van der Waals surface area contributed by atoms with Crippen LogP contribution in [0.3, 0.4) is 0 Å². The summed E-state index contributed by atoms with van der Waals surface area (Å²) in [7, 11) is 4.06. The lowest BCUT2D eigenvalue weighted by molar-refractivity contribution is -0.143. The fourth-order valence-electron chi connectivity index (χ4n) is 0.931. The third kappa shape index (κ3) is 14.0. The predicted molar refractivity (Wildman–Crippen MR) is 60.4 cm³/mol. The minimum absolute atomic E-state index is 0.0729. The zero-order chi connectivity index (χ0) is 11.4. The van der Waals surface area contributed by atoms with E-state index >= 15 is 0 Å². The molecule has 0 aromatic rings. The van der Waals surface area contributed by atoms with Gasteiger partial charge in [-0.15, -0.1) is 0 Å². The molecular weight excluding hydrogens is 178 g/mol. The van der Waals surface area contributed by atoms with Crippen LogP contribution in [0.5, 0.6) is 0 Å². The van der Waals surface area contributed by atoms with Crippen LogP contribution in [-0.2, 0) is 9.53 Å². The molecule has 0 atom stereocenters. The van der Waals surface area contributed by atoms with Gasteiger partial charge in [0, 0.05) is 6.42 Å². The van der Waals surface area contributed by atoms with Crippen molar-refractivity contribution in [1.29, 1.82) is 0 Å². The van der Waals surface area contributed by atoms with Crippen LogP contribution in [0.25, 0.3) is 0 Å². The Morgan fingerprint density at radius 2 is 1.79 bits per heavy atom. The molecule has 0 rings (SSSR count). The van der Waals surface area contributed by atoms with E-state index in [0.29, 0.717) is 13.0 Å². The standard InChI is InChI=1S/C9H19NO2.C2H6/c1-4-12-9(11)7-5-6-8-10(2)3;1-2/h4-8H2,1-3H3;1-2H3. The van der Waals surface area contributed by atoms with Gasteiger partial charge >= 0.3 is 5.97 Å². The van der Waals surface area contributed by atoms with Crippen LogP contribution < -0.4 is 0 Å². The van der Waals surface area contributed by atoms with E-state index in [4.69, 9.17) is 4.74 Å². The highest BCUT2D eigenvalue weighted by molar-refractivity contribution is 5.69. The third-order valence-electron chi connectivity index (χ3n) is 1.54. The summed E-state index contributed by atoms with van der Waals surface area (Å²) in [6.07, 6.45) is 2.55. The first-order valence-corrected chi connectivity index (χ1v) is 5.47. The number of carbonyl (C=O) groups excluding carboxylic acids is 1. The molecular formula is C11H25NO2. The molecule has 0 aliphatic carbocycles. The number of hydrogen-bond acceptors (Lipinski definition) is 3. The molecule has 0 N–H and O–H groups in total. The predicted octanol–water partition coefficient (Wildman–Crippen LogP) is 2.31. The van der Waals surface area contributed by atoms with Crippen molar-refractivity contribution >= 4 is 5.97 Å². The number of ether oxygens (including phenoxy) is 1. The number of rotatable bonds is 6. The summed E-state index contributed by atoms with van der Waals surface area (Å²) in [5.74, 6) is -0.0729. The summed E-state index contributed by atoms with van der Waals surface area (Å²) in [6, 6.07) is 0. The van der Waals surface area contributed by atoms with Crippen LogP contribution in [0.2, 0.25) is 0 Å². The van der Waals surface area contributed by atoms with Crippen LogP contribution in [-0.4, -0.2) is 38.1 Å². The van der Waals surface area contributed by atoms with Crippen LogP contribution >= 0.6 is 0 Å². The quantitative estimate of drug-likeness (QED) is 0.490. The van der Waals surface area contributed by atoms with Gasteiger partial charge in [0.2, 0.25) is 0 Å². The van der Waals surface area contributed by atoms with E-state index in [9.17, 15) is 4.79 Å². The van der Waals surface area contributed by atoms with Crippen molar-refractivity contribution < 1.29 is 9.53 Å². The molecule has 0 aromatic heterocycles. The Morgan fingerprint density at radius 3 is 2.21 bits per heavy atom. The van der Waals surface area contributed by atoms with Crippen molar-refractivity contribution in [2.45, 2.75) is 40.0 Å². The van der Waals surface area contributed by atoms with Gasteiger partial charge in [-0.25, -0.2) is 0 Å². The van der Waals surface area contributed by atoms with Crippen LogP contribution in [0.1, 0.15) is 40.0 Å². The maximum atomic E-state index is 10.9. The van der Waals surface area contributed by atoms with Gasteiger partial charge < -0.3 is 9.64 Å². The molecule has 3 heteroatoms. The first-order valence-electron chi connectivity index (χ1n) is 5.47. The van der Waals surface area contributed by atoms with E-state index < -0.39 is 0 Å². The summed E-state index contributed by atoms with van der Waals surface area (Å²) in [5.41, 5.74) is 0. The Labute approximate surface area is 88.4 Å². The van der Waals surface area contributed by atoms with Crippen LogP contribution in [0.15, 0.2) is 0 Å². The Bertz CT molecular complexity index is 124. The Hall–Kier alpha value is -0.570. The molecule has 86 valence electrons. The second-order valence-electron chi connectivity index (χ2n) is 3.07. The van der Waals surface area contributed by atoms with Gasteiger partial charge in [-0.3, -0.25) is 4.79 Å². The van der Waals surface area contributed by atoms with Gasteiger partial charge in [0.1, 0.15) is 0 Å². The van der Waals surface area contributed by atoms with Gasteiger partial charge in [0.05, 0.1) is 6.61 Å². The van der Waals surface area contributed by atoms with Crippen molar-refractivity contribution in [2.24, 2.45) is 0 Å². The number of hydrogen-bond donors (Lipinski definition) is 0. The second kappa shape index (κ2) is 12.4. The zero-order valence-corrected chi connectivity index (χ0v) is 10.3. The largest absolute Gasteiger partial charge is 0.466 e. The average molecular weight is 203 g/mol. The summed E-state index contributed by atoms with van der Waals surface area (Å²) < 4.78 is 4.80. The Morgan fingerprint density at radius 1 is 1.21 bits per heavy atom. The highest BCUT2D eigenvalue weighted by Gasteiger charge is 2.00. The zero-order valence-electron chi connectivity index (χ0n) is 10.3. The van der Waals surface area contributed by atoms with E-state index in [1.807, 2.05) is 34.9 Å². The molecule has 0 bridgehead atoms. The van der Waals surface area contributed by atoms with Crippen molar-refractivity contribution in [3.8, 4) is 0 Å². The van der Waals surface area contributed by atoms with Gasteiger partial charge in [0.25, 0.3) is 0 Å². The second-order valence-corrected chi connectivity index (χ2v) is 3.07. The lowest BCUT2D eigenvalue weighted by Crippen LogP contribution is -2.13. The Kier molecular flexibility index (Phi) is 14.1. The fourth-order valence-corrected chi connectivity index (χ4v) is 0.931. The molecule has 0 aromatic carbocycles. The highest BCUT2D eigenvalue weighted by atomic mass is 16.5. The van der Waals surface area contributed by atoms with Crippen molar-refractivity contribution in [3.05, 3.63) is 0 Å². The van der Waals surface area contributed by atoms with Gasteiger partial charge in [0.15, 0.2) is 0 Å². The maximum Gasteiger partial charge on any atom is 0.305 e. The summed E-state index contributed by atoms with van der Waals surface area (Å²) >= 11 is 0. The topological polar surface area (TPSA) is 29.5 Å². The molecule has 3 nitrogen and oxygen atoms in total. The molecule has 0 aliphatic heterocycles. The molecule has 0 aliphatic rings. The number of nitrogens with zero attached hydrogens (tertiary/aromatic N) is 1. The number of unbranched alkanes of at least 4 members (excludes halogenated alkanes) is 1. The lowest BCUT2D eigenvalue weighted by atomic mass is 10.2. The molecule has 0 amide bonds. The molecule has 0 spiro atoms. The first-order chi connectivity index (χ1) is 6.66. The highest BCUT2D eigenvalue weighted by Crippen LogP contribution is 1.98. The third-order valence-corrected chi connectivity index (χ3v) is 1.54. The van der Waals surface area contributed by atoms with E-state index in [0.717, 1.165) is 19.4 Å². The molecule has 0 unspecified atom stereocenters. The fraction of sp³-hybridized carbons (Fsp3) is 0.909. The van der Waals surface area contributed by atoms with Crippen molar-refractivity contribution in [3.63, 3.8) is 0 Å². The minimum Gasteiger partial charge on any atom is -0.466 e. The van der Waals surface area contributed by atoms with Gasteiger partial charge in [-0.1, -0.05) is 13.8 Å². The molecule has 0 radical (unpaired) electrons. The number of esters is 1. The Balaban J connectivity index is 0. The molecule has 0 heterocycles. The van der Waals surface area contributed by atoms with Crippen LogP contribution in [0.4, 0.5) is 0 Å². The smallest absolute Gasteiger partial charge is 0.305 e. The van der Waals surface area contributed by atoms with Crippen molar-refractivity contribution in [1.82, 2.24) is 4.90 Å². The van der Waals surface area contributed by atoms with Gasteiger partial charge in [-0.05, 0) is 40.4 Å². The molecule has 0 saturated heterocycles. The lowest BCUT2D eigenvalue weighted by Gasteiger charge is -2.08. The van der Waals surface area contributed by atoms with E-state index in [1.54, 1.807) is 0 Å². The van der Waals surface area contributed by atoms with Crippen LogP contribution in [0, 0.1) is 0 Å². The maximum absolute atomic E-state index is 10.9. The number of carbonyl (C=O) groups is 1. The minimum atomic E-state index is -0.0729.